The number of hydrogen-bond acceptors (Lipinski definition) is 2. The van der Waals surface area contributed by atoms with Crippen LogP contribution in [0.5, 0.6) is 0 Å². The van der Waals surface area contributed by atoms with Crippen LogP contribution in [0.3, 0.4) is 0 Å². The largest absolute Gasteiger partial charge is 0.333 e. The molecule has 70 valence electrons. The van der Waals surface area contributed by atoms with E-state index < -0.39 is 0 Å². The van der Waals surface area contributed by atoms with Crippen molar-refractivity contribution in [1.82, 2.24) is 5.32 Å². The summed E-state index contributed by atoms with van der Waals surface area (Å²) in [6, 6.07) is 0.786. The summed E-state index contributed by atoms with van der Waals surface area (Å²) in [6.45, 7) is 7.49. The molecular weight excluding hydrogens is 136 g/mol. The highest BCUT2D eigenvalue weighted by Crippen LogP contribution is 2.04. The molecule has 0 aliphatic carbocycles. The molecule has 2 nitrogen and oxygen atoms in total. The second kappa shape index (κ2) is 12.6. The van der Waals surface area contributed by atoms with Gasteiger partial charge in [0.1, 0.15) is 0 Å². The van der Waals surface area contributed by atoms with Crippen molar-refractivity contribution in [3.05, 3.63) is 0 Å². The zero-order valence-corrected chi connectivity index (χ0v) is 8.48. The van der Waals surface area contributed by atoms with E-state index in [9.17, 15) is 0 Å². The maximum Gasteiger partial charge on any atom is 0.00387 e. The van der Waals surface area contributed by atoms with Gasteiger partial charge in [0, 0.05) is 6.04 Å². The van der Waals surface area contributed by atoms with Gasteiger partial charge in [-0.15, -0.1) is 0 Å². The molecule has 0 aromatic rings. The van der Waals surface area contributed by atoms with Crippen LogP contribution in [0.2, 0.25) is 0 Å². The van der Waals surface area contributed by atoms with Crippen molar-refractivity contribution in [2.75, 3.05) is 13.6 Å². The molecule has 0 radical (unpaired) electrons. The molecule has 0 bridgehead atoms. The Labute approximate surface area is 71.6 Å². The Bertz CT molecular complexity index is 49.5. The minimum Gasteiger partial charge on any atom is -0.333 e. The Hall–Kier alpha value is -0.0800. The highest BCUT2D eigenvalue weighted by Gasteiger charge is 2.04. The van der Waals surface area contributed by atoms with Crippen molar-refractivity contribution < 1.29 is 0 Å². The van der Waals surface area contributed by atoms with Gasteiger partial charge in [0.05, 0.1) is 0 Å². The maximum atomic E-state index is 4.50. The number of piperidine rings is 1. The molecule has 0 saturated carbocycles. The van der Waals surface area contributed by atoms with Gasteiger partial charge in [-0.2, -0.15) is 0 Å². The van der Waals surface area contributed by atoms with Crippen LogP contribution < -0.4 is 11.1 Å². The molecule has 1 heterocycles. The van der Waals surface area contributed by atoms with E-state index in [1.54, 1.807) is 0 Å². The van der Waals surface area contributed by atoms with Crippen molar-refractivity contribution in [2.45, 2.75) is 46.1 Å². The van der Waals surface area contributed by atoms with Gasteiger partial charge in [-0.3, -0.25) is 0 Å². The van der Waals surface area contributed by atoms with E-state index in [4.69, 9.17) is 0 Å². The van der Waals surface area contributed by atoms with E-state index >= 15 is 0 Å². The third kappa shape index (κ3) is 9.92. The second-order valence-corrected chi connectivity index (χ2v) is 2.35. The third-order valence-electron chi connectivity index (χ3n) is 1.56. The summed E-state index contributed by atoms with van der Waals surface area (Å²) < 4.78 is 0. The minimum atomic E-state index is 0.786. The van der Waals surface area contributed by atoms with Crippen molar-refractivity contribution >= 4 is 0 Å². The Morgan fingerprint density at radius 2 is 1.73 bits per heavy atom. The monoisotopic (exact) mass is 160 g/mol. The fourth-order valence-electron chi connectivity index (χ4n) is 1.03. The lowest BCUT2D eigenvalue weighted by Crippen LogP contribution is -2.30. The van der Waals surface area contributed by atoms with E-state index in [0.29, 0.717) is 0 Å². The van der Waals surface area contributed by atoms with Gasteiger partial charge in [-0.25, -0.2) is 0 Å². The molecule has 0 spiro atoms. The second-order valence-electron chi connectivity index (χ2n) is 2.35. The highest BCUT2D eigenvalue weighted by molar-refractivity contribution is 4.65. The number of nitrogens with one attached hydrogen (secondary N) is 1. The first-order valence-corrected chi connectivity index (χ1v) is 4.71. The third-order valence-corrected chi connectivity index (χ3v) is 1.56. The molecule has 1 saturated heterocycles. The highest BCUT2D eigenvalue weighted by atomic mass is 14.9. The van der Waals surface area contributed by atoms with Crippen LogP contribution in [0.1, 0.15) is 40.0 Å². The summed E-state index contributed by atoms with van der Waals surface area (Å²) in [5.41, 5.74) is 4.50. The fraction of sp³-hybridized carbons (Fsp3) is 1.00. The van der Waals surface area contributed by atoms with Gasteiger partial charge < -0.3 is 11.1 Å². The summed E-state index contributed by atoms with van der Waals surface area (Å²) >= 11 is 0. The molecule has 3 N–H and O–H groups in total. The zero-order valence-electron chi connectivity index (χ0n) is 8.48. The molecule has 1 rings (SSSR count). The van der Waals surface area contributed by atoms with Crippen LogP contribution in [0, 0.1) is 0 Å². The first-order valence-electron chi connectivity index (χ1n) is 4.71. The Kier molecular flexibility index (Phi) is 15.4. The topological polar surface area (TPSA) is 38.0 Å². The van der Waals surface area contributed by atoms with E-state index in [1.807, 2.05) is 13.8 Å². The smallest absolute Gasteiger partial charge is 0.00387 e. The van der Waals surface area contributed by atoms with Crippen LogP contribution >= 0.6 is 0 Å². The van der Waals surface area contributed by atoms with Crippen LogP contribution in [0.25, 0.3) is 0 Å². The summed E-state index contributed by atoms with van der Waals surface area (Å²) in [5, 5.41) is 3.38. The molecule has 0 aromatic heterocycles. The number of hydrogen-bond donors (Lipinski definition) is 2. The molecule has 1 aliphatic rings. The number of rotatable bonds is 0. The Morgan fingerprint density at radius 1 is 1.18 bits per heavy atom. The average Bonchev–Trinajstić information content (AvgIpc) is 2.13. The molecule has 2 heteroatoms. The fourth-order valence-corrected chi connectivity index (χ4v) is 1.03. The Morgan fingerprint density at radius 3 is 1.91 bits per heavy atom. The lowest BCUT2D eigenvalue weighted by Gasteiger charge is -2.18. The van der Waals surface area contributed by atoms with Crippen LogP contribution in [-0.4, -0.2) is 19.6 Å². The number of nitrogens with two attached hydrogens (primary N) is 1. The molecule has 1 aliphatic heterocycles. The maximum absolute atomic E-state index is 4.50. The standard InChI is InChI=1S/C6H13N.C2H6.CH5N/c1-6-4-2-3-5-7-6;2*1-2/h6-7H,2-5H2,1H3;1-2H3;2H2,1H3. The van der Waals surface area contributed by atoms with E-state index in [1.165, 1.54) is 32.9 Å². The zero-order chi connectivity index (χ0) is 9.11. The van der Waals surface area contributed by atoms with Crippen LogP contribution in [0.4, 0.5) is 0 Å². The van der Waals surface area contributed by atoms with Gasteiger partial charge in [-0.1, -0.05) is 20.3 Å². The van der Waals surface area contributed by atoms with Crippen molar-refractivity contribution in [2.24, 2.45) is 5.73 Å². The van der Waals surface area contributed by atoms with Gasteiger partial charge in [0.2, 0.25) is 0 Å². The lowest BCUT2D eigenvalue weighted by atomic mass is 10.1. The van der Waals surface area contributed by atoms with Gasteiger partial charge in [-0.05, 0) is 33.4 Å². The van der Waals surface area contributed by atoms with Crippen molar-refractivity contribution in [3.63, 3.8) is 0 Å². The average molecular weight is 160 g/mol. The SMILES string of the molecule is CC.CC1CCCCN1.CN. The molecule has 11 heavy (non-hydrogen) atoms. The van der Waals surface area contributed by atoms with Crippen LogP contribution in [0.15, 0.2) is 0 Å². The summed E-state index contributed by atoms with van der Waals surface area (Å²) in [7, 11) is 1.50. The Balaban J connectivity index is 0. The van der Waals surface area contributed by atoms with Gasteiger partial charge >= 0.3 is 0 Å². The van der Waals surface area contributed by atoms with Crippen LogP contribution in [-0.2, 0) is 0 Å². The predicted octanol–water partition coefficient (Wildman–Crippen LogP) is 1.75. The molecule has 1 atom stereocenters. The summed E-state index contributed by atoms with van der Waals surface area (Å²) in [4.78, 5) is 0. The molecule has 1 unspecified atom stereocenters. The first-order chi connectivity index (χ1) is 5.39. The van der Waals surface area contributed by atoms with Crippen molar-refractivity contribution in [3.8, 4) is 0 Å². The molecular formula is C9H24N2. The van der Waals surface area contributed by atoms with E-state index in [2.05, 4.69) is 18.0 Å². The summed E-state index contributed by atoms with van der Waals surface area (Å²) in [6.07, 6.45) is 4.18. The van der Waals surface area contributed by atoms with Gasteiger partial charge in [0.25, 0.3) is 0 Å². The van der Waals surface area contributed by atoms with E-state index in [0.717, 1.165) is 6.04 Å². The quantitative estimate of drug-likeness (QED) is 0.566. The van der Waals surface area contributed by atoms with Gasteiger partial charge in [0.15, 0.2) is 0 Å². The normalized spacial score (nSPS) is 22.1. The van der Waals surface area contributed by atoms with E-state index in [-0.39, 0.29) is 0 Å². The first kappa shape index (κ1) is 13.5. The lowest BCUT2D eigenvalue weighted by molar-refractivity contribution is 0.425. The molecule has 0 aromatic carbocycles. The predicted molar refractivity (Wildman–Crippen MR) is 52.8 cm³/mol. The van der Waals surface area contributed by atoms with Crippen molar-refractivity contribution in [1.29, 1.82) is 0 Å². The molecule has 0 amide bonds. The summed E-state index contributed by atoms with van der Waals surface area (Å²) in [5.74, 6) is 0. The minimum absolute atomic E-state index is 0.786. The molecule has 1 fully saturated rings.